The predicted molar refractivity (Wildman–Crippen MR) is 109 cm³/mol. The number of thioether (sulfide) groups is 1. The number of nitrogen functional groups attached to an aromatic ring is 1. The summed E-state index contributed by atoms with van der Waals surface area (Å²) in [4.78, 5) is 26.2. The molecule has 0 atom stereocenters. The monoisotopic (exact) mass is 384 g/mol. The molecule has 5 nitrogen and oxygen atoms in total. The van der Waals surface area contributed by atoms with E-state index in [1.165, 1.54) is 28.8 Å². The number of rotatable bonds is 3. The number of hydrogen-bond acceptors (Lipinski definition) is 5. The summed E-state index contributed by atoms with van der Waals surface area (Å²) < 4.78 is 0.374. The topological polar surface area (TPSA) is 83.6 Å². The van der Waals surface area contributed by atoms with E-state index < -0.39 is 5.97 Å². The van der Waals surface area contributed by atoms with Crippen molar-refractivity contribution in [2.24, 2.45) is 0 Å². The molecule has 0 aromatic heterocycles. The zero-order valence-corrected chi connectivity index (χ0v) is 15.8. The Kier molecular flexibility index (Phi) is 4.84. The fourth-order valence-corrected chi connectivity index (χ4v) is 4.02. The van der Waals surface area contributed by atoms with Gasteiger partial charge in [-0.2, -0.15) is 0 Å². The van der Waals surface area contributed by atoms with Gasteiger partial charge in [-0.05, 0) is 54.8 Å². The molecule has 7 heteroatoms. The van der Waals surface area contributed by atoms with Gasteiger partial charge >= 0.3 is 5.97 Å². The molecule has 0 unspecified atom stereocenters. The van der Waals surface area contributed by atoms with Gasteiger partial charge in [-0.3, -0.25) is 9.69 Å². The molecule has 0 radical (unpaired) electrons. The molecule has 0 aliphatic carbocycles. The fraction of sp³-hybridized carbons (Fsp3) is 0.105. The molecule has 3 N–H and O–H groups in total. The van der Waals surface area contributed by atoms with Gasteiger partial charge in [0.05, 0.1) is 16.2 Å². The summed E-state index contributed by atoms with van der Waals surface area (Å²) in [6.07, 6.45) is 0. The summed E-state index contributed by atoms with van der Waals surface area (Å²) in [5.41, 5.74) is 9.45. The van der Waals surface area contributed by atoms with Crippen molar-refractivity contribution < 1.29 is 14.7 Å². The van der Waals surface area contributed by atoms with Gasteiger partial charge in [0.15, 0.2) is 4.32 Å². The molecule has 26 heavy (non-hydrogen) atoms. The number of carbonyl (C=O) groups excluding carboxylic acids is 1. The van der Waals surface area contributed by atoms with Crippen LogP contribution in [0.4, 0.5) is 11.4 Å². The van der Waals surface area contributed by atoms with Crippen molar-refractivity contribution in [2.45, 2.75) is 13.8 Å². The number of hydrogen-bond donors (Lipinski definition) is 2. The lowest BCUT2D eigenvalue weighted by Crippen LogP contribution is -2.28. The molecule has 0 spiro atoms. The lowest BCUT2D eigenvalue weighted by atomic mass is 10.1. The first kappa shape index (κ1) is 18.2. The van der Waals surface area contributed by atoms with Crippen LogP contribution in [0.25, 0.3) is 5.57 Å². The summed E-state index contributed by atoms with van der Waals surface area (Å²) >= 11 is 6.61. The summed E-state index contributed by atoms with van der Waals surface area (Å²) in [6, 6.07) is 11.9. The molecule has 3 rings (SSSR count). The zero-order chi connectivity index (χ0) is 19.0. The number of carboxylic acids is 1. The third kappa shape index (κ3) is 3.23. The number of anilines is 2. The Balaban J connectivity index is 2.07. The number of thiocarbonyl (C=S) groups is 1. The van der Waals surface area contributed by atoms with Crippen molar-refractivity contribution in [2.75, 3.05) is 10.6 Å². The zero-order valence-electron chi connectivity index (χ0n) is 14.1. The maximum atomic E-state index is 13.0. The van der Waals surface area contributed by atoms with E-state index in [0.717, 1.165) is 16.7 Å². The molecule has 132 valence electrons. The quantitative estimate of drug-likeness (QED) is 0.471. The normalized spacial score (nSPS) is 16.2. The second kappa shape index (κ2) is 6.93. The number of carboxylic acid groups (broad SMARTS) is 1. The van der Waals surface area contributed by atoms with E-state index in [2.05, 4.69) is 0 Å². The van der Waals surface area contributed by atoms with Crippen LogP contribution in [0.15, 0.2) is 47.4 Å². The van der Waals surface area contributed by atoms with Gasteiger partial charge in [0.25, 0.3) is 5.91 Å². The number of carbonyl (C=O) groups is 2. The summed E-state index contributed by atoms with van der Waals surface area (Å²) in [7, 11) is 0. The van der Waals surface area contributed by atoms with Crippen LogP contribution in [-0.2, 0) is 4.79 Å². The van der Waals surface area contributed by atoms with Gasteiger partial charge in [-0.25, -0.2) is 4.79 Å². The second-order valence-electron chi connectivity index (χ2n) is 5.89. The van der Waals surface area contributed by atoms with Crippen molar-refractivity contribution in [3.63, 3.8) is 0 Å². The molecule has 1 aliphatic rings. The van der Waals surface area contributed by atoms with Gasteiger partial charge in [0.2, 0.25) is 0 Å². The standard InChI is InChI=1S/C19H16N2O3S2/c1-10-6-7-13(18(23)24)9-15(10)21-17(22)16(26-19(21)25)11(2)12-4-3-5-14(20)8-12/h3-9H,20H2,1-2H3,(H,23,24)/b16-11-. The number of aryl methyl sites for hydroxylation is 1. The van der Waals surface area contributed by atoms with Crippen molar-refractivity contribution >= 4 is 57.1 Å². The molecule has 2 aromatic carbocycles. The lowest BCUT2D eigenvalue weighted by Gasteiger charge is -2.18. The molecule has 1 amide bonds. The Labute approximate surface area is 160 Å². The van der Waals surface area contributed by atoms with Crippen LogP contribution in [0.2, 0.25) is 0 Å². The minimum Gasteiger partial charge on any atom is -0.478 e. The van der Waals surface area contributed by atoms with Gasteiger partial charge in [0, 0.05) is 5.69 Å². The molecule has 0 bridgehead atoms. The van der Waals surface area contributed by atoms with Gasteiger partial charge in [-0.15, -0.1) is 0 Å². The van der Waals surface area contributed by atoms with Crippen LogP contribution in [-0.4, -0.2) is 21.3 Å². The second-order valence-corrected chi connectivity index (χ2v) is 7.54. The number of nitrogens with zero attached hydrogens (tertiary/aromatic N) is 1. The average Bonchev–Trinajstić information content (AvgIpc) is 2.89. The third-order valence-corrected chi connectivity index (χ3v) is 5.60. The van der Waals surface area contributed by atoms with Gasteiger partial charge in [-0.1, -0.05) is 42.2 Å². The van der Waals surface area contributed by atoms with E-state index in [0.29, 0.717) is 20.6 Å². The van der Waals surface area contributed by atoms with Crippen LogP contribution in [0.3, 0.4) is 0 Å². The predicted octanol–water partition coefficient (Wildman–Crippen LogP) is 4.07. The van der Waals surface area contributed by atoms with Crippen LogP contribution >= 0.6 is 24.0 Å². The largest absolute Gasteiger partial charge is 0.478 e. The molecular weight excluding hydrogens is 368 g/mol. The first-order chi connectivity index (χ1) is 12.3. The number of benzene rings is 2. The Morgan fingerprint density at radius 1 is 1.19 bits per heavy atom. The van der Waals surface area contributed by atoms with Crippen molar-refractivity contribution in [1.82, 2.24) is 0 Å². The van der Waals surface area contributed by atoms with E-state index in [4.69, 9.17) is 18.0 Å². The van der Waals surface area contributed by atoms with E-state index in [-0.39, 0.29) is 11.5 Å². The van der Waals surface area contributed by atoms with Crippen LogP contribution in [0.5, 0.6) is 0 Å². The SMILES string of the molecule is C/C(=C1/SC(=S)N(c2cc(C(=O)O)ccc2C)C1=O)c1cccc(N)c1. The highest BCUT2D eigenvalue weighted by Gasteiger charge is 2.36. The molecule has 1 heterocycles. The van der Waals surface area contributed by atoms with Gasteiger partial charge in [0.1, 0.15) is 0 Å². The third-order valence-electron chi connectivity index (χ3n) is 4.13. The van der Waals surface area contributed by atoms with E-state index in [1.807, 2.05) is 26.0 Å². The molecule has 1 fully saturated rings. The highest BCUT2D eigenvalue weighted by Crippen LogP contribution is 2.40. The highest BCUT2D eigenvalue weighted by atomic mass is 32.2. The minimum absolute atomic E-state index is 0.108. The smallest absolute Gasteiger partial charge is 0.335 e. The molecule has 1 aliphatic heterocycles. The van der Waals surface area contributed by atoms with Crippen LogP contribution in [0.1, 0.15) is 28.4 Å². The van der Waals surface area contributed by atoms with Crippen LogP contribution < -0.4 is 10.6 Å². The first-order valence-electron chi connectivity index (χ1n) is 7.76. The number of aromatic carboxylic acids is 1. The van der Waals surface area contributed by atoms with E-state index in [1.54, 1.807) is 18.2 Å². The molecular formula is C19H16N2O3S2. The number of allylic oxidation sites excluding steroid dienone is 1. The van der Waals surface area contributed by atoms with Crippen molar-refractivity contribution in [3.8, 4) is 0 Å². The van der Waals surface area contributed by atoms with Crippen LogP contribution in [0, 0.1) is 6.92 Å². The lowest BCUT2D eigenvalue weighted by molar-refractivity contribution is -0.113. The fourth-order valence-electron chi connectivity index (χ4n) is 2.69. The van der Waals surface area contributed by atoms with E-state index in [9.17, 15) is 14.7 Å². The first-order valence-corrected chi connectivity index (χ1v) is 8.99. The summed E-state index contributed by atoms with van der Waals surface area (Å²) in [5.74, 6) is -1.31. The number of nitrogens with two attached hydrogens (primary N) is 1. The molecule has 0 saturated carbocycles. The molecule has 1 saturated heterocycles. The average molecular weight is 384 g/mol. The minimum atomic E-state index is -1.05. The Hall–Kier alpha value is -2.64. The summed E-state index contributed by atoms with van der Waals surface area (Å²) in [6.45, 7) is 3.66. The molecule has 2 aromatic rings. The highest BCUT2D eigenvalue weighted by molar-refractivity contribution is 8.27. The number of amides is 1. The van der Waals surface area contributed by atoms with Gasteiger partial charge < -0.3 is 10.8 Å². The Bertz CT molecular complexity index is 982. The maximum Gasteiger partial charge on any atom is 0.335 e. The van der Waals surface area contributed by atoms with Crippen molar-refractivity contribution in [3.05, 3.63) is 64.1 Å². The Morgan fingerprint density at radius 3 is 2.58 bits per heavy atom. The van der Waals surface area contributed by atoms with E-state index >= 15 is 0 Å². The maximum absolute atomic E-state index is 13.0. The summed E-state index contributed by atoms with van der Waals surface area (Å²) in [5, 5.41) is 9.23. The van der Waals surface area contributed by atoms with Crippen molar-refractivity contribution in [1.29, 1.82) is 0 Å². The Morgan fingerprint density at radius 2 is 1.92 bits per heavy atom.